The van der Waals surface area contributed by atoms with Crippen LogP contribution in [-0.4, -0.2) is 11.1 Å². The Labute approximate surface area is 150 Å². The Hall–Kier alpha value is -1.05. The Morgan fingerprint density at radius 1 is 0.750 bits per heavy atom. The van der Waals surface area contributed by atoms with Gasteiger partial charge in [0, 0.05) is 6.42 Å². The smallest absolute Gasteiger partial charge is 0.303 e. The lowest BCUT2D eigenvalue weighted by Crippen LogP contribution is -2.03. The minimum absolute atomic E-state index is 0.317. The topological polar surface area (TPSA) is 37.3 Å². The fourth-order valence-corrected chi connectivity index (χ4v) is 2.67. The van der Waals surface area contributed by atoms with Crippen molar-refractivity contribution in [1.29, 1.82) is 0 Å². The number of unbranched alkanes of at least 4 members (excludes halogenated alkanes) is 8. The van der Waals surface area contributed by atoms with E-state index in [1.54, 1.807) is 0 Å². The molecule has 0 unspecified atom stereocenters. The van der Waals surface area contributed by atoms with Gasteiger partial charge in [-0.1, -0.05) is 77.2 Å². The molecule has 0 aliphatic rings. The van der Waals surface area contributed by atoms with Gasteiger partial charge in [-0.15, -0.1) is 0 Å². The molecule has 0 aliphatic heterocycles. The van der Waals surface area contributed by atoms with Gasteiger partial charge in [0.05, 0.1) is 0 Å². The molecule has 1 N–H and O–H groups in total. The highest BCUT2D eigenvalue weighted by Crippen LogP contribution is 2.22. The van der Waals surface area contributed by atoms with Gasteiger partial charge in [-0.05, 0) is 50.4 Å². The first-order valence-electron chi connectivity index (χ1n) is 9.93. The van der Waals surface area contributed by atoms with Crippen molar-refractivity contribution in [1.82, 2.24) is 0 Å². The second-order valence-electron chi connectivity index (χ2n) is 8.04. The van der Waals surface area contributed by atoms with E-state index in [-0.39, 0.29) is 0 Å². The summed E-state index contributed by atoms with van der Waals surface area (Å²) in [5.74, 6) is -0.674. The first-order valence-corrected chi connectivity index (χ1v) is 9.93. The summed E-state index contributed by atoms with van der Waals surface area (Å²) in [6, 6.07) is 0. The molecule has 0 aliphatic carbocycles. The molecule has 0 heterocycles. The number of hydrogen-bond donors (Lipinski definition) is 1. The number of hydrogen-bond acceptors (Lipinski definition) is 1. The average molecular weight is 337 g/mol. The van der Waals surface area contributed by atoms with Crippen molar-refractivity contribution in [3.63, 3.8) is 0 Å². The third kappa shape index (κ3) is 20.9. The van der Waals surface area contributed by atoms with Crippen LogP contribution in [0.5, 0.6) is 0 Å². The average Bonchev–Trinajstić information content (AvgIpc) is 2.49. The maximum absolute atomic E-state index is 10.4. The van der Waals surface area contributed by atoms with Crippen LogP contribution >= 0.6 is 0 Å². The van der Waals surface area contributed by atoms with Gasteiger partial charge < -0.3 is 5.11 Å². The summed E-state index contributed by atoms with van der Waals surface area (Å²) < 4.78 is 0. The number of allylic oxidation sites excluding steroid dienone is 4. The van der Waals surface area contributed by atoms with E-state index in [2.05, 4.69) is 45.1 Å². The van der Waals surface area contributed by atoms with Gasteiger partial charge in [0.1, 0.15) is 0 Å². The standard InChI is InChI=1S/C22H40O2/c1-22(2,3)20-18-16-14-12-10-8-6-4-5-7-9-11-13-15-17-19-21(23)24/h5-8H,4,9-20H2,1-3H3,(H,23,24)/b7-5-,8-6-. The van der Waals surface area contributed by atoms with Gasteiger partial charge in [0.25, 0.3) is 0 Å². The Morgan fingerprint density at radius 2 is 1.25 bits per heavy atom. The summed E-state index contributed by atoms with van der Waals surface area (Å²) in [6.07, 6.45) is 23.7. The summed E-state index contributed by atoms with van der Waals surface area (Å²) in [7, 11) is 0. The minimum Gasteiger partial charge on any atom is -0.481 e. The number of carboxylic acid groups (broad SMARTS) is 1. The number of rotatable bonds is 15. The molecule has 0 bridgehead atoms. The molecule has 0 saturated carbocycles. The molecule has 24 heavy (non-hydrogen) atoms. The summed E-state index contributed by atoms with van der Waals surface area (Å²) >= 11 is 0. The van der Waals surface area contributed by atoms with E-state index in [0.717, 1.165) is 32.1 Å². The second-order valence-corrected chi connectivity index (χ2v) is 8.04. The molecule has 2 nitrogen and oxygen atoms in total. The van der Waals surface area contributed by atoms with Crippen molar-refractivity contribution in [2.24, 2.45) is 5.41 Å². The lowest BCUT2D eigenvalue weighted by atomic mass is 9.89. The van der Waals surface area contributed by atoms with Crippen molar-refractivity contribution in [2.75, 3.05) is 0 Å². The van der Waals surface area contributed by atoms with Crippen LogP contribution in [0.2, 0.25) is 0 Å². The van der Waals surface area contributed by atoms with Crippen LogP contribution in [0.3, 0.4) is 0 Å². The Kier molecular flexibility index (Phi) is 14.8. The van der Waals surface area contributed by atoms with Crippen molar-refractivity contribution >= 4 is 5.97 Å². The minimum atomic E-state index is -0.674. The molecule has 0 spiro atoms. The summed E-state index contributed by atoms with van der Waals surface area (Å²) in [5.41, 5.74) is 0.491. The summed E-state index contributed by atoms with van der Waals surface area (Å²) in [5, 5.41) is 8.54. The predicted molar refractivity (Wildman–Crippen MR) is 105 cm³/mol. The molecule has 140 valence electrons. The maximum Gasteiger partial charge on any atom is 0.303 e. The molecule has 0 amide bonds. The van der Waals surface area contributed by atoms with Crippen molar-refractivity contribution in [2.45, 2.75) is 104 Å². The molecule has 0 atom stereocenters. The fourth-order valence-electron chi connectivity index (χ4n) is 2.67. The van der Waals surface area contributed by atoms with Crippen LogP contribution in [0, 0.1) is 5.41 Å². The molecule has 0 rings (SSSR count). The lowest BCUT2D eigenvalue weighted by molar-refractivity contribution is -0.137. The van der Waals surface area contributed by atoms with E-state index >= 15 is 0 Å². The van der Waals surface area contributed by atoms with E-state index in [1.165, 1.54) is 44.9 Å². The molecular formula is C22H40O2. The van der Waals surface area contributed by atoms with Crippen molar-refractivity contribution in [3.8, 4) is 0 Å². The van der Waals surface area contributed by atoms with Crippen molar-refractivity contribution in [3.05, 3.63) is 24.3 Å². The summed E-state index contributed by atoms with van der Waals surface area (Å²) in [4.78, 5) is 10.4. The number of carbonyl (C=O) groups is 1. The van der Waals surface area contributed by atoms with Crippen LogP contribution in [0.4, 0.5) is 0 Å². The fraction of sp³-hybridized carbons (Fsp3) is 0.773. The Balaban J connectivity index is 3.27. The molecule has 0 aromatic carbocycles. The van der Waals surface area contributed by atoms with E-state index < -0.39 is 5.97 Å². The van der Waals surface area contributed by atoms with Gasteiger partial charge in [0.2, 0.25) is 0 Å². The van der Waals surface area contributed by atoms with E-state index in [4.69, 9.17) is 5.11 Å². The van der Waals surface area contributed by atoms with Crippen LogP contribution < -0.4 is 0 Å². The van der Waals surface area contributed by atoms with E-state index in [1.807, 2.05) is 0 Å². The van der Waals surface area contributed by atoms with Gasteiger partial charge in [0.15, 0.2) is 0 Å². The van der Waals surface area contributed by atoms with E-state index in [9.17, 15) is 4.79 Å². The highest BCUT2D eigenvalue weighted by molar-refractivity contribution is 5.66. The van der Waals surface area contributed by atoms with Crippen LogP contribution in [-0.2, 0) is 4.79 Å². The largest absolute Gasteiger partial charge is 0.481 e. The Morgan fingerprint density at radius 3 is 1.75 bits per heavy atom. The molecule has 0 aromatic rings. The first-order chi connectivity index (χ1) is 11.4. The quantitative estimate of drug-likeness (QED) is 0.251. The third-order valence-corrected chi connectivity index (χ3v) is 4.16. The third-order valence-electron chi connectivity index (χ3n) is 4.16. The SMILES string of the molecule is CC(C)(C)CCCCCC/C=C\C/C=C\CCCCCCC(=O)O. The zero-order valence-electron chi connectivity index (χ0n) is 16.4. The molecule has 2 heteroatoms. The molecule has 0 radical (unpaired) electrons. The highest BCUT2D eigenvalue weighted by Gasteiger charge is 2.08. The zero-order valence-corrected chi connectivity index (χ0v) is 16.4. The van der Waals surface area contributed by atoms with Gasteiger partial charge >= 0.3 is 5.97 Å². The maximum atomic E-state index is 10.4. The second kappa shape index (κ2) is 15.5. The highest BCUT2D eigenvalue weighted by atomic mass is 16.4. The number of carboxylic acids is 1. The van der Waals surface area contributed by atoms with Crippen molar-refractivity contribution < 1.29 is 9.90 Å². The van der Waals surface area contributed by atoms with Gasteiger partial charge in [-0.2, -0.15) is 0 Å². The predicted octanol–water partition coefficient (Wildman–Crippen LogP) is 7.30. The van der Waals surface area contributed by atoms with Crippen LogP contribution in [0.15, 0.2) is 24.3 Å². The van der Waals surface area contributed by atoms with Gasteiger partial charge in [-0.3, -0.25) is 4.79 Å². The zero-order chi connectivity index (χ0) is 18.1. The van der Waals surface area contributed by atoms with Crippen LogP contribution in [0.25, 0.3) is 0 Å². The summed E-state index contributed by atoms with van der Waals surface area (Å²) in [6.45, 7) is 6.97. The normalized spacial score (nSPS) is 12.5. The molecular weight excluding hydrogens is 296 g/mol. The number of aliphatic carboxylic acids is 1. The molecule has 0 fully saturated rings. The molecule has 0 saturated heterocycles. The Bertz CT molecular complexity index is 347. The monoisotopic (exact) mass is 336 g/mol. The van der Waals surface area contributed by atoms with Gasteiger partial charge in [-0.25, -0.2) is 0 Å². The first kappa shape index (κ1) is 22.9. The lowest BCUT2D eigenvalue weighted by Gasteiger charge is -2.17. The molecule has 0 aromatic heterocycles. The van der Waals surface area contributed by atoms with Crippen LogP contribution in [0.1, 0.15) is 104 Å². The van der Waals surface area contributed by atoms with E-state index in [0.29, 0.717) is 11.8 Å².